The van der Waals surface area contributed by atoms with Crippen LogP contribution in [0, 0.1) is 5.92 Å². The molecule has 0 aromatic heterocycles. The van der Waals surface area contributed by atoms with Crippen molar-refractivity contribution in [3.63, 3.8) is 0 Å². The van der Waals surface area contributed by atoms with Crippen molar-refractivity contribution in [3.8, 4) is 0 Å². The molecule has 1 aromatic carbocycles. The fourth-order valence-corrected chi connectivity index (χ4v) is 3.62. The molecular formula is C16H25BrN2. The summed E-state index contributed by atoms with van der Waals surface area (Å²) >= 11 is 3.58. The number of likely N-dealkylation sites (tertiary alicyclic amines) is 1. The van der Waals surface area contributed by atoms with E-state index < -0.39 is 0 Å². The van der Waals surface area contributed by atoms with Crippen LogP contribution in [0.2, 0.25) is 0 Å². The first-order chi connectivity index (χ1) is 9.24. The van der Waals surface area contributed by atoms with Gasteiger partial charge in [0.25, 0.3) is 0 Å². The summed E-state index contributed by atoms with van der Waals surface area (Å²) in [5.41, 5.74) is 7.11. The Labute approximate surface area is 125 Å². The molecular weight excluding hydrogens is 300 g/mol. The van der Waals surface area contributed by atoms with Crippen LogP contribution in [0.25, 0.3) is 0 Å². The lowest BCUT2D eigenvalue weighted by Gasteiger charge is -2.37. The third-order valence-corrected chi connectivity index (χ3v) is 4.78. The van der Waals surface area contributed by atoms with E-state index in [9.17, 15) is 0 Å². The fraction of sp³-hybridized carbons (Fsp3) is 0.625. The highest BCUT2D eigenvalue weighted by atomic mass is 79.9. The van der Waals surface area contributed by atoms with Gasteiger partial charge in [-0.25, -0.2) is 0 Å². The SMILES string of the molecule is CCC(c1cccc(Br)c1)N1CCC(CCN)CC1. The maximum atomic E-state index is 5.67. The van der Waals surface area contributed by atoms with Gasteiger partial charge < -0.3 is 5.73 Å². The average Bonchev–Trinajstić information content (AvgIpc) is 2.42. The van der Waals surface area contributed by atoms with Gasteiger partial charge in [-0.05, 0) is 68.9 Å². The van der Waals surface area contributed by atoms with Crippen LogP contribution in [0.1, 0.15) is 44.2 Å². The summed E-state index contributed by atoms with van der Waals surface area (Å²) in [7, 11) is 0. The Morgan fingerprint density at radius 3 is 2.68 bits per heavy atom. The maximum Gasteiger partial charge on any atom is 0.0345 e. The number of benzene rings is 1. The van der Waals surface area contributed by atoms with Crippen molar-refractivity contribution >= 4 is 15.9 Å². The summed E-state index contributed by atoms with van der Waals surface area (Å²) in [6, 6.07) is 9.33. The van der Waals surface area contributed by atoms with Gasteiger partial charge in [-0.1, -0.05) is 35.0 Å². The fourth-order valence-electron chi connectivity index (χ4n) is 3.21. The minimum Gasteiger partial charge on any atom is -0.330 e. The third-order valence-electron chi connectivity index (χ3n) is 4.28. The van der Waals surface area contributed by atoms with Crippen molar-refractivity contribution in [1.29, 1.82) is 0 Å². The van der Waals surface area contributed by atoms with Crippen molar-refractivity contribution in [3.05, 3.63) is 34.3 Å². The summed E-state index contributed by atoms with van der Waals surface area (Å²) in [6.07, 6.45) is 4.99. The van der Waals surface area contributed by atoms with E-state index in [-0.39, 0.29) is 0 Å². The van der Waals surface area contributed by atoms with Gasteiger partial charge in [0.1, 0.15) is 0 Å². The average molecular weight is 325 g/mol. The van der Waals surface area contributed by atoms with Crippen LogP contribution in [0.3, 0.4) is 0 Å². The Hall–Kier alpha value is -0.380. The zero-order valence-corrected chi connectivity index (χ0v) is 13.4. The summed E-state index contributed by atoms with van der Waals surface area (Å²) in [6.45, 7) is 5.57. The molecule has 1 saturated heterocycles. The molecule has 0 radical (unpaired) electrons. The molecule has 2 N–H and O–H groups in total. The zero-order chi connectivity index (χ0) is 13.7. The molecule has 1 fully saturated rings. The van der Waals surface area contributed by atoms with Crippen molar-refractivity contribution in [2.75, 3.05) is 19.6 Å². The number of nitrogens with zero attached hydrogens (tertiary/aromatic N) is 1. The van der Waals surface area contributed by atoms with E-state index in [4.69, 9.17) is 5.73 Å². The van der Waals surface area contributed by atoms with Gasteiger partial charge in [0, 0.05) is 10.5 Å². The standard InChI is InChI=1S/C16H25BrN2/c1-2-16(14-4-3-5-15(17)12-14)19-10-7-13(6-9-18)8-11-19/h3-5,12-13,16H,2,6-11,18H2,1H3. The van der Waals surface area contributed by atoms with Gasteiger partial charge in [0.15, 0.2) is 0 Å². The molecule has 0 bridgehead atoms. The molecule has 2 rings (SSSR count). The second-order valence-corrected chi connectivity index (χ2v) is 6.45. The second-order valence-electron chi connectivity index (χ2n) is 5.54. The van der Waals surface area contributed by atoms with E-state index >= 15 is 0 Å². The molecule has 1 aromatic rings. The van der Waals surface area contributed by atoms with Gasteiger partial charge in [0.2, 0.25) is 0 Å². The number of rotatable bonds is 5. The highest BCUT2D eigenvalue weighted by Crippen LogP contribution is 2.31. The van der Waals surface area contributed by atoms with Crippen molar-refractivity contribution in [2.24, 2.45) is 11.7 Å². The van der Waals surface area contributed by atoms with Crippen molar-refractivity contribution in [2.45, 2.75) is 38.6 Å². The van der Waals surface area contributed by atoms with E-state index in [0.29, 0.717) is 6.04 Å². The predicted molar refractivity (Wildman–Crippen MR) is 85.1 cm³/mol. The molecule has 1 aliphatic rings. The lowest BCUT2D eigenvalue weighted by Crippen LogP contribution is -2.37. The van der Waals surface area contributed by atoms with Crippen LogP contribution < -0.4 is 5.73 Å². The van der Waals surface area contributed by atoms with E-state index in [1.165, 1.54) is 48.8 Å². The van der Waals surface area contributed by atoms with Gasteiger partial charge in [0.05, 0.1) is 0 Å². The van der Waals surface area contributed by atoms with Crippen LogP contribution in [0.15, 0.2) is 28.7 Å². The molecule has 0 spiro atoms. The topological polar surface area (TPSA) is 29.3 Å². The van der Waals surface area contributed by atoms with Gasteiger partial charge >= 0.3 is 0 Å². The molecule has 1 heterocycles. The van der Waals surface area contributed by atoms with Crippen LogP contribution in [-0.2, 0) is 0 Å². The molecule has 1 atom stereocenters. The molecule has 0 aliphatic carbocycles. The summed E-state index contributed by atoms with van der Waals surface area (Å²) < 4.78 is 1.18. The van der Waals surface area contributed by atoms with Crippen molar-refractivity contribution < 1.29 is 0 Å². The van der Waals surface area contributed by atoms with Crippen molar-refractivity contribution in [1.82, 2.24) is 4.90 Å². The highest BCUT2D eigenvalue weighted by molar-refractivity contribution is 9.10. The Morgan fingerprint density at radius 2 is 2.11 bits per heavy atom. The van der Waals surface area contributed by atoms with Gasteiger partial charge in [-0.2, -0.15) is 0 Å². The lowest BCUT2D eigenvalue weighted by molar-refractivity contribution is 0.126. The van der Waals surface area contributed by atoms with Crippen LogP contribution in [0.5, 0.6) is 0 Å². The monoisotopic (exact) mass is 324 g/mol. The molecule has 0 saturated carbocycles. The van der Waals surface area contributed by atoms with Gasteiger partial charge in [-0.15, -0.1) is 0 Å². The first-order valence-corrected chi connectivity index (χ1v) is 8.23. The Bertz CT molecular complexity index is 386. The molecule has 19 heavy (non-hydrogen) atoms. The Kier molecular flexibility index (Phi) is 5.86. The molecule has 0 amide bonds. The largest absolute Gasteiger partial charge is 0.330 e. The van der Waals surface area contributed by atoms with Crippen LogP contribution in [-0.4, -0.2) is 24.5 Å². The Balaban J connectivity index is 1.99. The smallest absolute Gasteiger partial charge is 0.0345 e. The normalized spacial score (nSPS) is 19.5. The summed E-state index contributed by atoms with van der Waals surface area (Å²) in [4.78, 5) is 2.65. The van der Waals surface area contributed by atoms with Crippen LogP contribution in [0.4, 0.5) is 0 Å². The van der Waals surface area contributed by atoms with E-state index in [0.717, 1.165) is 12.5 Å². The zero-order valence-electron chi connectivity index (χ0n) is 11.8. The van der Waals surface area contributed by atoms with E-state index in [1.807, 2.05) is 0 Å². The number of halogens is 1. The number of nitrogens with two attached hydrogens (primary N) is 1. The third kappa shape index (κ3) is 4.04. The van der Waals surface area contributed by atoms with E-state index in [2.05, 4.69) is 52.0 Å². The molecule has 1 aliphatic heterocycles. The number of hydrogen-bond donors (Lipinski definition) is 1. The van der Waals surface area contributed by atoms with Crippen LogP contribution >= 0.6 is 15.9 Å². The molecule has 106 valence electrons. The van der Waals surface area contributed by atoms with E-state index in [1.54, 1.807) is 0 Å². The minimum atomic E-state index is 0.566. The first-order valence-electron chi connectivity index (χ1n) is 7.44. The summed E-state index contributed by atoms with van der Waals surface area (Å²) in [5.74, 6) is 0.848. The number of piperidine rings is 1. The molecule has 2 nitrogen and oxygen atoms in total. The lowest BCUT2D eigenvalue weighted by atomic mass is 9.91. The van der Waals surface area contributed by atoms with Gasteiger partial charge in [-0.3, -0.25) is 4.90 Å². The summed E-state index contributed by atoms with van der Waals surface area (Å²) in [5, 5.41) is 0. The number of hydrogen-bond acceptors (Lipinski definition) is 2. The maximum absolute atomic E-state index is 5.67. The molecule has 3 heteroatoms. The second kappa shape index (κ2) is 7.41. The first kappa shape index (κ1) is 15.0. The predicted octanol–water partition coefficient (Wildman–Crippen LogP) is 3.96. The Morgan fingerprint density at radius 1 is 1.37 bits per heavy atom. The quantitative estimate of drug-likeness (QED) is 0.888. The minimum absolute atomic E-state index is 0.566. The highest BCUT2D eigenvalue weighted by Gasteiger charge is 2.24. The molecule has 1 unspecified atom stereocenters.